The van der Waals surface area contributed by atoms with Gasteiger partial charge in [0.1, 0.15) is 5.01 Å². The van der Waals surface area contributed by atoms with E-state index in [0.29, 0.717) is 25.6 Å². The summed E-state index contributed by atoms with van der Waals surface area (Å²) >= 11 is 1.66. The largest absolute Gasteiger partial charge is 0.357 e. The van der Waals surface area contributed by atoms with E-state index in [4.69, 9.17) is 0 Å². The molecule has 0 aromatic carbocycles. The average molecular weight is 466 g/mol. The summed E-state index contributed by atoms with van der Waals surface area (Å²) in [6.07, 6.45) is 2.86. The Labute approximate surface area is 162 Å². The van der Waals surface area contributed by atoms with Gasteiger partial charge >= 0.3 is 6.03 Å². The number of urea groups is 1. The molecule has 3 amide bonds. The Bertz CT molecular complexity index is 576. The lowest BCUT2D eigenvalue weighted by Gasteiger charge is -2.15. The van der Waals surface area contributed by atoms with Crippen LogP contribution >= 0.6 is 35.3 Å². The van der Waals surface area contributed by atoms with Crippen LogP contribution in [0.15, 0.2) is 11.2 Å². The van der Waals surface area contributed by atoms with E-state index in [-0.39, 0.29) is 42.5 Å². The van der Waals surface area contributed by atoms with Gasteiger partial charge in [-0.05, 0) is 13.3 Å². The zero-order valence-corrected chi connectivity index (χ0v) is 16.9. The van der Waals surface area contributed by atoms with Gasteiger partial charge in [-0.1, -0.05) is 6.92 Å². The van der Waals surface area contributed by atoms with Gasteiger partial charge < -0.3 is 16.0 Å². The second kappa shape index (κ2) is 10.4. The molecule has 0 spiro atoms. The summed E-state index contributed by atoms with van der Waals surface area (Å²) in [5.41, 5.74) is 0. The predicted octanol–water partition coefficient (Wildman–Crippen LogP) is 0.930. The van der Waals surface area contributed by atoms with E-state index in [2.05, 4.69) is 32.9 Å². The van der Waals surface area contributed by atoms with Crippen LogP contribution in [-0.2, 0) is 17.8 Å². The smallest absolute Gasteiger partial charge is 0.324 e. The molecule has 1 aromatic rings. The van der Waals surface area contributed by atoms with Crippen molar-refractivity contribution in [1.29, 1.82) is 0 Å². The van der Waals surface area contributed by atoms with Gasteiger partial charge in [0.25, 0.3) is 0 Å². The van der Waals surface area contributed by atoms with E-state index in [1.165, 1.54) is 9.78 Å². The monoisotopic (exact) mass is 466 g/mol. The fraction of sp³-hybridized carbons (Fsp3) is 0.571. The Hall–Kier alpha value is -1.43. The van der Waals surface area contributed by atoms with Crippen molar-refractivity contribution >= 4 is 53.2 Å². The molecular weight excluding hydrogens is 443 g/mol. The summed E-state index contributed by atoms with van der Waals surface area (Å²) < 4.78 is 0. The number of thiazole rings is 1. The van der Waals surface area contributed by atoms with Gasteiger partial charge in [-0.25, -0.2) is 14.8 Å². The number of aryl methyl sites for hydroxylation is 1. The average Bonchev–Trinajstić information content (AvgIpc) is 3.13. The van der Waals surface area contributed by atoms with Crippen LogP contribution in [0.3, 0.4) is 0 Å². The van der Waals surface area contributed by atoms with Crippen LogP contribution in [0.1, 0.15) is 23.7 Å². The van der Waals surface area contributed by atoms with Crippen molar-refractivity contribution < 1.29 is 9.59 Å². The Morgan fingerprint density at radius 2 is 2.21 bits per heavy atom. The van der Waals surface area contributed by atoms with Gasteiger partial charge in [0.2, 0.25) is 5.91 Å². The molecule has 1 aromatic heterocycles. The standard InChI is InChI=1S/C14H22N6O2S.HI/c1-3-10-7-17-11(23-10)8-18-13(15-4-2)16-5-6-20-12(21)9-19-14(20)22;/h7H,3-6,8-9H2,1-2H3,(H,19,22)(H2,15,16,18);1H. The Kier molecular flexibility index (Phi) is 8.97. The van der Waals surface area contributed by atoms with E-state index in [9.17, 15) is 9.59 Å². The summed E-state index contributed by atoms with van der Waals surface area (Å²) in [6, 6.07) is -0.339. The summed E-state index contributed by atoms with van der Waals surface area (Å²) in [5, 5.41) is 9.71. The summed E-state index contributed by atoms with van der Waals surface area (Å²) in [5.74, 6) is 0.446. The molecule has 24 heavy (non-hydrogen) atoms. The molecule has 2 rings (SSSR count). The molecule has 1 aliphatic rings. The number of carbonyl (C=O) groups excluding carboxylic acids is 2. The van der Waals surface area contributed by atoms with Crippen LogP contribution in [-0.4, -0.2) is 54.0 Å². The van der Waals surface area contributed by atoms with Gasteiger partial charge in [-0.15, -0.1) is 35.3 Å². The highest BCUT2D eigenvalue weighted by atomic mass is 127. The van der Waals surface area contributed by atoms with Crippen molar-refractivity contribution in [3.8, 4) is 0 Å². The van der Waals surface area contributed by atoms with Crippen molar-refractivity contribution in [2.24, 2.45) is 4.99 Å². The molecule has 134 valence electrons. The van der Waals surface area contributed by atoms with E-state index in [0.717, 1.165) is 18.0 Å². The fourth-order valence-electron chi connectivity index (χ4n) is 2.04. The molecule has 0 saturated carbocycles. The van der Waals surface area contributed by atoms with Gasteiger partial charge in [0.15, 0.2) is 5.96 Å². The molecule has 1 aliphatic heterocycles. The molecule has 1 fully saturated rings. The number of carbonyl (C=O) groups is 2. The third-order valence-corrected chi connectivity index (χ3v) is 4.36. The number of imide groups is 1. The van der Waals surface area contributed by atoms with E-state index in [1.807, 2.05) is 13.1 Å². The first-order valence-corrected chi connectivity index (χ1v) is 8.49. The van der Waals surface area contributed by atoms with Crippen LogP contribution in [0.25, 0.3) is 0 Å². The molecular formula is C14H23IN6O2S. The van der Waals surface area contributed by atoms with Gasteiger partial charge in [0, 0.05) is 30.7 Å². The van der Waals surface area contributed by atoms with Crippen LogP contribution in [0.5, 0.6) is 0 Å². The quantitative estimate of drug-likeness (QED) is 0.241. The van der Waals surface area contributed by atoms with Crippen molar-refractivity contribution in [1.82, 2.24) is 25.8 Å². The second-order valence-corrected chi connectivity index (χ2v) is 6.10. The van der Waals surface area contributed by atoms with E-state index in [1.54, 1.807) is 11.3 Å². The van der Waals surface area contributed by atoms with E-state index >= 15 is 0 Å². The minimum absolute atomic E-state index is 0. The summed E-state index contributed by atoms with van der Waals surface area (Å²) in [7, 11) is 0. The fourth-order valence-corrected chi connectivity index (χ4v) is 2.83. The van der Waals surface area contributed by atoms with Crippen molar-refractivity contribution in [3.05, 3.63) is 16.1 Å². The maximum absolute atomic E-state index is 11.5. The third-order valence-electron chi connectivity index (χ3n) is 3.23. The number of amides is 3. The molecule has 0 bridgehead atoms. The Morgan fingerprint density at radius 3 is 2.79 bits per heavy atom. The van der Waals surface area contributed by atoms with Crippen LogP contribution < -0.4 is 16.0 Å². The topological polar surface area (TPSA) is 98.7 Å². The molecule has 8 nitrogen and oxygen atoms in total. The van der Waals surface area contributed by atoms with E-state index < -0.39 is 0 Å². The maximum Gasteiger partial charge on any atom is 0.324 e. The number of hydrogen-bond acceptors (Lipinski definition) is 5. The minimum Gasteiger partial charge on any atom is -0.357 e. The number of nitrogens with zero attached hydrogens (tertiary/aromatic N) is 3. The molecule has 0 radical (unpaired) electrons. The minimum atomic E-state index is -0.339. The first-order valence-electron chi connectivity index (χ1n) is 7.68. The first kappa shape index (κ1) is 20.6. The highest BCUT2D eigenvalue weighted by Gasteiger charge is 2.27. The SMILES string of the molecule is CCNC(=NCc1ncc(CC)s1)NCCN1C(=O)CNC1=O.I. The lowest BCUT2D eigenvalue weighted by atomic mass is 10.4. The first-order chi connectivity index (χ1) is 11.1. The van der Waals surface area contributed by atoms with Crippen molar-refractivity contribution in [2.45, 2.75) is 26.8 Å². The van der Waals surface area contributed by atoms with Gasteiger partial charge in [-0.3, -0.25) is 9.69 Å². The van der Waals surface area contributed by atoms with Crippen LogP contribution in [0.4, 0.5) is 4.79 Å². The second-order valence-electron chi connectivity index (χ2n) is 4.90. The third kappa shape index (κ3) is 5.89. The highest BCUT2D eigenvalue weighted by molar-refractivity contribution is 14.0. The highest BCUT2D eigenvalue weighted by Crippen LogP contribution is 2.13. The zero-order chi connectivity index (χ0) is 16.7. The number of aromatic nitrogens is 1. The summed E-state index contributed by atoms with van der Waals surface area (Å²) in [6.45, 7) is 6.15. The molecule has 1 saturated heterocycles. The maximum atomic E-state index is 11.5. The lowest BCUT2D eigenvalue weighted by Crippen LogP contribution is -2.43. The molecule has 2 heterocycles. The number of aliphatic imine (C=N–C) groups is 1. The van der Waals surface area contributed by atoms with Gasteiger partial charge in [0.05, 0.1) is 13.1 Å². The van der Waals surface area contributed by atoms with Gasteiger partial charge in [-0.2, -0.15) is 0 Å². The Balaban J connectivity index is 0.00000288. The van der Waals surface area contributed by atoms with Crippen molar-refractivity contribution in [2.75, 3.05) is 26.2 Å². The normalized spacial score (nSPS) is 14.4. The zero-order valence-electron chi connectivity index (χ0n) is 13.8. The number of guanidine groups is 1. The molecule has 10 heteroatoms. The summed E-state index contributed by atoms with van der Waals surface area (Å²) in [4.78, 5) is 34.2. The van der Waals surface area contributed by atoms with Crippen molar-refractivity contribution in [3.63, 3.8) is 0 Å². The molecule has 0 atom stereocenters. The molecule has 0 aliphatic carbocycles. The predicted molar refractivity (Wildman–Crippen MR) is 105 cm³/mol. The number of halogens is 1. The van der Waals surface area contributed by atoms with Crippen LogP contribution in [0, 0.1) is 0 Å². The number of hydrogen-bond donors (Lipinski definition) is 3. The Morgan fingerprint density at radius 1 is 1.42 bits per heavy atom. The van der Waals surface area contributed by atoms with Crippen LogP contribution in [0.2, 0.25) is 0 Å². The number of nitrogens with one attached hydrogen (secondary N) is 3. The number of rotatable bonds is 7. The molecule has 3 N–H and O–H groups in total. The molecule has 0 unspecified atom stereocenters. The lowest BCUT2D eigenvalue weighted by molar-refractivity contribution is -0.124.